The average Bonchev–Trinajstić information content (AvgIpc) is 3.16. The van der Waals surface area contributed by atoms with Gasteiger partial charge >= 0.3 is 6.03 Å². The minimum absolute atomic E-state index is 0.156. The van der Waals surface area contributed by atoms with Gasteiger partial charge in [-0.1, -0.05) is 17.6 Å². The molecule has 9 heteroatoms. The average molecular weight is 452 g/mol. The van der Waals surface area contributed by atoms with Crippen molar-refractivity contribution in [3.05, 3.63) is 53.3 Å². The Kier molecular flexibility index (Phi) is 7.00. The maximum atomic E-state index is 14.8. The van der Waals surface area contributed by atoms with Crippen molar-refractivity contribution < 1.29 is 18.7 Å². The third-order valence-electron chi connectivity index (χ3n) is 6.54. The van der Waals surface area contributed by atoms with E-state index in [1.54, 1.807) is 13.2 Å². The molecule has 1 fully saturated rings. The molecule has 2 aliphatic heterocycles. The van der Waals surface area contributed by atoms with Crippen LogP contribution in [0.2, 0.25) is 0 Å². The van der Waals surface area contributed by atoms with Crippen molar-refractivity contribution in [1.82, 2.24) is 9.80 Å². The maximum absolute atomic E-state index is 14.8. The van der Waals surface area contributed by atoms with Crippen molar-refractivity contribution in [2.24, 2.45) is 0 Å². The zero-order valence-electron chi connectivity index (χ0n) is 19.4. The number of benzene rings is 2. The first-order valence-corrected chi connectivity index (χ1v) is 11.3. The summed E-state index contributed by atoms with van der Waals surface area (Å²) >= 11 is 0. The van der Waals surface area contributed by atoms with Crippen LogP contribution < -0.4 is 16.1 Å². The predicted octanol–water partition coefficient (Wildman–Crippen LogP) is 1.37. The van der Waals surface area contributed by atoms with Gasteiger partial charge in [0.15, 0.2) is 0 Å². The molecule has 2 N–H and O–H groups in total. The molecule has 0 radical (unpaired) electrons. The van der Waals surface area contributed by atoms with Crippen LogP contribution in [0.3, 0.4) is 0 Å². The molecule has 1 saturated heterocycles. The van der Waals surface area contributed by atoms with Gasteiger partial charge in [-0.15, -0.1) is 0 Å². The minimum Gasteiger partial charge on any atom is -0.380 e. The van der Waals surface area contributed by atoms with Gasteiger partial charge < -0.3 is 25.2 Å². The summed E-state index contributed by atoms with van der Waals surface area (Å²) in [6.07, 6.45) is 1.66. The highest BCUT2D eigenvalue weighted by Crippen LogP contribution is 2.26. The molecule has 2 unspecified atom stereocenters. The van der Waals surface area contributed by atoms with E-state index in [9.17, 15) is 14.0 Å². The number of nitrogens with one attached hydrogen (secondary N) is 2. The van der Waals surface area contributed by atoms with E-state index in [0.29, 0.717) is 12.1 Å². The molecule has 3 amide bonds. The molecule has 0 saturated carbocycles. The van der Waals surface area contributed by atoms with E-state index in [0.717, 1.165) is 42.5 Å². The number of methoxy groups -OCH3 is 1. The number of ether oxygens (including phenoxy) is 1. The molecule has 2 heterocycles. The molecule has 2 aromatic carbocycles. The number of anilines is 2. The summed E-state index contributed by atoms with van der Waals surface area (Å²) in [5.74, 6) is -0.873. The molecule has 33 heavy (non-hydrogen) atoms. The van der Waals surface area contributed by atoms with Gasteiger partial charge in [0, 0.05) is 38.9 Å². The summed E-state index contributed by atoms with van der Waals surface area (Å²) < 4.78 is 20.3. The predicted molar refractivity (Wildman–Crippen MR) is 129 cm³/mol. The molecule has 0 spiro atoms. The van der Waals surface area contributed by atoms with Gasteiger partial charge in [-0.3, -0.25) is 4.79 Å². The number of halogens is 1. The Bertz CT molecular complexity index is 1030. The van der Waals surface area contributed by atoms with Crippen LogP contribution >= 0.6 is 0 Å². The Balaban J connectivity index is 1.50. The lowest BCUT2D eigenvalue weighted by atomic mass is 9.96. The number of carbonyl (C=O) groups excluding carboxylic acids is 2. The van der Waals surface area contributed by atoms with E-state index in [1.807, 2.05) is 39.2 Å². The lowest BCUT2D eigenvalue weighted by Crippen LogP contribution is -2.45. The van der Waals surface area contributed by atoms with Crippen molar-refractivity contribution >= 4 is 36.6 Å². The highest BCUT2D eigenvalue weighted by molar-refractivity contribution is 6.32. The number of likely N-dealkylation sites (N-methyl/N-ethyl adjacent to an activating group) is 1. The van der Waals surface area contributed by atoms with Gasteiger partial charge in [0.25, 0.3) is 0 Å². The fraction of sp³-hybridized carbons (Fsp3) is 0.417. The van der Waals surface area contributed by atoms with Crippen LogP contribution in [0.5, 0.6) is 0 Å². The lowest BCUT2D eigenvalue weighted by molar-refractivity contribution is -0.119. The van der Waals surface area contributed by atoms with Gasteiger partial charge in [-0.25, -0.2) is 9.18 Å². The second-order valence-corrected chi connectivity index (χ2v) is 8.95. The fourth-order valence-electron chi connectivity index (χ4n) is 4.44. The van der Waals surface area contributed by atoms with Gasteiger partial charge in [0.2, 0.25) is 5.91 Å². The van der Waals surface area contributed by atoms with Gasteiger partial charge in [0.1, 0.15) is 19.7 Å². The molecule has 7 nitrogen and oxygen atoms in total. The molecular weight excluding hydrogens is 422 g/mol. The number of urea groups is 1. The first-order chi connectivity index (χ1) is 15.8. The van der Waals surface area contributed by atoms with Gasteiger partial charge in [-0.05, 0) is 55.3 Å². The van der Waals surface area contributed by atoms with E-state index in [4.69, 9.17) is 4.74 Å². The molecule has 0 bridgehead atoms. The van der Waals surface area contributed by atoms with Gasteiger partial charge in [-0.2, -0.15) is 0 Å². The van der Waals surface area contributed by atoms with E-state index >= 15 is 0 Å². The van der Waals surface area contributed by atoms with Crippen molar-refractivity contribution in [2.75, 3.05) is 44.4 Å². The van der Waals surface area contributed by atoms with Crippen LogP contribution in [-0.4, -0.2) is 75.5 Å². The zero-order valence-corrected chi connectivity index (χ0v) is 19.4. The molecule has 2 atom stereocenters. The lowest BCUT2D eigenvalue weighted by Gasteiger charge is -2.24. The number of hydrogen-bond donors (Lipinski definition) is 2. The van der Waals surface area contributed by atoms with E-state index in [-0.39, 0.29) is 24.4 Å². The second-order valence-electron chi connectivity index (χ2n) is 8.95. The van der Waals surface area contributed by atoms with Crippen LogP contribution in [0.4, 0.5) is 20.6 Å². The van der Waals surface area contributed by atoms with Crippen LogP contribution in [0.25, 0.3) is 0 Å². The Morgan fingerprint density at radius 1 is 1.09 bits per heavy atom. The Labute approximate surface area is 194 Å². The van der Waals surface area contributed by atoms with E-state index in [2.05, 4.69) is 15.5 Å². The maximum Gasteiger partial charge on any atom is 0.322 e. The quantitative estimate of drug-likeness (QED) is 0.688. The molecule has 0 aromatic heterocycles. The number of likely N-dealkylation sites (tertiary alicyclic amines) is 1. The monoisotopic (exact) mass is 452 g/mol. The Hall–Kier alpha value is -2.91. The summed E-state index contributed by atoms with van der Waals surface area (Å²) in [7, 11) is 5.58. The normalized spacial score (nSPS) is 20.8. The molecule has 2 aliphatic rings. The summed E-state index contributed by atoms with van der Waals surface area (Å²) in [5.41, 5.74) is 3.91. The fourth-order valence-corrected chi connectivity index (χ4v) is 4.44. The number of rotatable bonds is 4. The first kappa shape index (κ1) is 23.3. The Morgan fingerprint density at radius 2 is 1.76 bits per heavy atom. The molecular formula is C24H30BFN4O3. The number of fused-ring (bicyclic) bond motifs is 1. The molecule has 0 aliphatic carbocycles. The highest BCUT2D eigenvalue weighted by Gasteiger charge is 2.40. The highest BCUT2D eigenvalue weighted by atomic mass is 19.1. The second kappa shape index (κ2) is 9.93. The number of carbonyl (C=O) groups is 2. The minimum atomic E-state index is -0.759. The number of amides is 3. The summed E-state index contributed by atoms with van der Waals surface area (Å²) in [6, 6.07) is 9.55. The van der Waals surface area contributed by atoms with E-state index in [1.165, 1.54) is 11.0 Å². The topological polar surface area (TPSA) is 73.9 Å². The smallest absolute Gasteiger partial charge is 0.322 e. The SMILES string of the molecule is Bc1ccc(NC(=O)N2CC(OC)CC2C(=O)Nc2cc3c(cc2F)CCN(C)CC3)cc1. The van der Waals surface area contributed by atoms with Crippen LogP contribution in [0.15, 0.2) is 36.4 Å². The standard InChI is InChI=1S/C24H30BFN4O3/c1-29-9-7-15-11-20(26)21(12-16(15)8-10-29)28-23(31)22-13-19(33-2)14-30(22)24(32)27-18-5-3-17(25)4-6-18/h3-6,11-12,19,22H,7-10,13-14,25H2,1-2H3,(H,27,32)(H,28,31). The zero-order chi connectivity index (χ0) is 23.5. The number of hydrogen-bond acceptors (Lipinski definition) is 4. The van der Waals surface area contributed by atoms with Crippen LogP contribution in [0.1, 0.15) is 17.5 Å². The van der Waals surface area contributed by atoms with Gasteiger partial charge in [0.05, 0.1) is 11.8 Å². The molecule has 2 aromatic rings. The largest absolute Gasteiger partial charge is 0.380 e. The molecule has 174 valence electrons. The summed E-state index contributed by atoms with van der Waals surface area (Å²) in [5, 5.41) is 5.57. The third-order valence-corrected chi connectivity index (χ3v) is 6.54. The summed E-state index contributed by atoms with van der Waals surface area (Å²) in [6.45, 7) is 2.05. The van der Waals surface area contributed by atoms with Crippen molar-refractivity contribution in [2.45, 2.75) is 31.4 Å². The Morgan fingerprint density at radius 3 is 2.42 bits per heavy atom. The third kappa shape index (κ3) is 5.37. The number of nitrogens with zero attached hydrogens (tertiary/aromatic N) is 2. The molecule has 4 rings (SSSR count). The van der Waals surface area contributed by atoms with E-state index < -0.39 is 17.8 Å². The van der Waals surface area contributed by atoms with Crippen molar-refractivity contribution in [3.8, 4) is 0 Å². The van der Waals surface area contributed by atoms with Crippen LogP contribution in [-0.2, 0) is 22.4 Å². The van der Waals surface area contributed by atoms with Crippen molar-refractivity contribution in [3.63, 3.8) is 0 Å². The summed E-state index contributed by atoms with van der Waals surface area (Å²) in [4.78, 5) is 29.8. The van der Waals surface area contributed by atoms with Crippen LogP contribution in [0, 0.1) is 5.82 Å². The van der Waals surface area contributed by atoms with Crippen molar-refractivity contribution in [1.29, 1.82) is 0 Å². The first-order valence-electron chi connectivity index (χ1n) is 11.3.